The molecule has 0 amide bonds. The molecule has 0 fully saturated rings. The molecule has 0 saturated carbocycles. The quantitative estimate of drug-likeness (QED) is 0.786. The van der Waals surface area contributed by atoms with Crippen molar-refractivity contribution in [3.8, 4) is 11.6 Å². The Bertz CT molecular complexity index is 590. The Morgan fingerprint density at radius 1 is 1.32 bits per heavy atom. The van der Waals surface area contributed by atoms with E-state index >= 15 is 0 Å². The Kier molecular flexibility index (Phi) is 3.24. The molecule has 0 aliphatic carbocycles. The second-order valence-electron chi connectivity index (χ2n) is 3.59. The molecule has 0 aliphatic heterocycles. The molecule has 2 aromatic heterocycles. The van der Waals surface area contributed by atoms with Gasteiger partial charge in [-0.15, -0.1) is 0 Å². The molecule has 19 heavy (non-hydrogen) atoms. The first-order valence-corrected chi connectivity index (χ1v) is 5.14. The van der Waals surface area contributed by atoms with Gasteiger partial charge in [-0.05, 0) is 12.1 Å². The lowest BCUT2D eigenvalue weighted by molar-refractivity contribution is -0.141. The third-order valence-electron chi connectivity index (χ3n) is 2.11. The van der Waals surface area contributed by atoms with Gasteiger partial charge in [-0.1, -0.05) is 0 Å². The molecule has 100 valence electrons. The van der Waals surface area contributed by atoms with Gasteiger partial charge in [0.15, 0.2) is 5.69 Å². The van der Waals surface area contributed by atoms with Crippen molar-refractivity contribution >= 4 is 5.97 Å². The molecule has 8 heteroatoms. The Labute approximate surface area is 105 Å². The predicted octanol–water partition coefficient (Wildman–Crippen LogP) is 2.21. The highest BCUT2D eigenvalue weighted by atomic mass is 19.4. The van der Waals surface area contributed by atoms with Crippen molar-refractivity contribution in [2.45, 2.75) is 13.1 Å². The highest BCUT2D eigenvalue weighted by Gasteiger charge is 2.33. The zero-order valence-corrected chi connectivity index (χ0v) is 9.68. The van der Waals surface area contributed by atoms with E-state index in [2.05, 4.69) is 10.1 Å². The molecule has 0 atom stereocenters. The molecule has 0 aliphatic rings. The van der Waals surface area contributed by atoms with E-state index in [4.69, 9.17) is 4.74 Å². The minimum Gasteiger partial charge on any atom is -0.408 e. The van der Waals surface area contributed by atoms with Gasteiger partial charge in [0, 0.05) is 19.2 Å². The topological polar surface area (TPSA) is 57.0 Å². The summed E-state index contributed by atoms with van der Waals surface area (Å²) in [6, 6.07) is 3.67. The van der Waals surface area contributed by atoms with Crippen molar-refractivity contribution in [2.75, 3.05) is 0 Å². The maximum atomic E-state index is 12.4. The van der Waals surface area contributed by atoms with E-state index in [1.165, 1.54) is 31.5 Å². The van der Waals surface area contributed by atoms with Crippen LogP contribution in [0.1, 0.15) is 12.6 Å². The van der Waals surface area contributed by atoms with E-state index in [1.54, 1.807) is 0 Å². The number of pyridine rings is 1. The molecule has 0 aromatic carbocycles. The van der Waals surface area contributed by atoms with Crippen LogP contribution in [0.2, 0.25) is 0 Å². The number of aromatic nitrogens is 3. The minimum absolute atomic E-state index is 0.0689. The number of rotatable bonds is 2. The van der Waals surface area contributed by atoms with Crippen molar-refractivity contribution in [1.29, 1.82) is 0 Å². The van der Waals surface area contributed by atoms with Gasteiger partial charge in [0.1, 0.15) is 0 Å². The summed E-state index contributed by atoms with van der Waals surface area (Å²) in [5.41, 5.74) is -0.664. The predicted molar refractivity (Wildman–Crippen MR) is 57.7 cm³/mol. The van der Waals surface area contributed by atoms with Gasteiger partial charge in [-0.3, -0.25) is 4.79 Å². The molecular formula is C11H8F3N3O2. The second kappa shape index (κ2) is 4.71. The highest BCUT2D eigenvalue weighted by Crippen LogP contribution is 2.27. The number of esters is 1. The molecule has 2 heterocycles. The van der Waals surface area contributed by atoms with Crippen molar-refractivity contribution in [3.05, 3.63) is 36.3 Å². The Morgan fingerprint density at radius 2 is 2.05 bits per heavy atom. The molecular weight excluding hydrogens is 263 g/mol. The SMILES string of the molecule is CC(=O)Oc1ccc(-n2ccc(C(F)(F)F)n2)cn1. The van der Waals surface area contributed by atoms with Crippen LogP contribution in [-0.4, -0.2) is 20.7 Å². The molecule has 2 rings (SSSR count). The van der Waals surface area contributed by atoms with Crippen LogP contribution in [0.15, 0.2) is 30.6 Å². The fourth-order valence-corrected chi connectivity index (χ4v) is 1.33. The summed E-state index contributed by atoms with van der Waals surface area (Å²) in [5, 5.41) is 3.39. The van der Waals surface area contributed by atoms with Gasteiger partial charge in [0.2, 0.25) is 5.88 Å². The number of halogens is 3. The second-order valence-corrected chi connectivity index (χ2v) is 3.59. The summed E-state index contributed by atoms with van der Waals surface area (Å²) in [5.74, 6) is -0.460. The standard InChI is InChI=1S/C11H8F3N3O2/c1-7(18)19-10-3-2-8(6-15-10)17-5-4-9(16-17)11(12,13)14/h2-6H,1H3. The summed E-state index contributed by atoms with van der Waals surface area (Å²) in [4.78, 5) is 14.5. The van der Waals surface area contributed by atoms with Crippen LogP contribution < -0.4 is 4.74 Å². The normalized spacial score (nSPS) is 11.4. The molecule has 2 aromatic rings. The summed E-state index contributed by atoms with van der Waals surface area (Å²) >= 11 is 0. The first-order valence-electron chi connectivity index (χ1n) is 5.14. The Balaban J connectivity index is 2.23. The van der Waals surface area contributed by atoms with Crippen LogP contribution in [0.5, 0.6) is 5.88 Å². The monoisotopic (exact) mass is 271 g/mol. The van der Waals surface area contributed by atoms with E-state index in [-0.39, 0.29) is 5.88 Å². The first-order chi connectivity index (χ1) is 8.86. The van der Waals surface area contributed by atoms with Crippen LogP contribution in [-0.2, 0) is 11.0 Å². The average molecular weight is 271 g/mol. The number of nitrogens with zero attached hydrogens (tertiary/aromatic N) is 3. The van der Waals surface area contributed by atoms with Gasteiger partial charge in [-0.25, -0.2) is 9.67 Å². The van der Waals surface area contributed by atoms with Gasteiger partial charge < -0.3 is 4.74 Å². The molecule has 0 bridgehead atoms. The van der Waals surface area contributed by atoms with E-state index in [0.29, 0.717) is 5.69 Å². The van der Waals surface area contributed by atoms with E-state index in [1.807, 2.05) is 0 Å². The van der Waals surface area contributed by atoms with Gasteiger partial charge >= 0.3 is 12.1 Å². The number of hydrogen-bond acceptors (Lipinski definition) is 4. The molecule has 0 spiro atoms. The average Bonchev–Trinajstić information content (AvgIpc) is 2.78. The molecule has 5 nitrogen and oxygen atoms in total. The fraction of sp³-hybridized carbons (Fsp3) is 0.182. The van der Waals surface area contributed by atoms with Gasteiger partial charge in [0.25, 0.3) is 0 Å². The lowest BCUT2D eigenvalue weighted by atomic mass is 10.4. The third kappa shape index (κ3) is 3.09. The van der Waals surface area contributed by atoms with Gasteiger partial charge in [-0.2, -0.15) is 18.3 Å². The first kappa shape index (κ1) is 13.1. The molecule has 0 N–H and O–H groups in total. The van der Waals surface area contributed by atoms with Crippen LogP contribution >= 0.6 is 0 Å². The van der Waals surface area contributed by atoms with E-state index in [0.717, 1.165) is 10.7 Å². The number of alkyl halides is 3. The van der Waals surface area contributed by atoms with Crippen molar-refractivity contribution in [2.24, 2.45) is 0 Å². The van der Waals surface area contributed by atoms with Crippen LogP contribution in [0.4, 0.5) is 13.2 Å². The Morgan fingerprint density at radius 3 is 2.53 bits per heavy atom. The maximum Gasteiger partial charge on any atom is 0.435 e. The van der Waals surface area contributed by atoms with Gasteiger partial charge in [0.05, 0.1) is 11.9 Å². The number of hydrogen-bond donors (Lipinski definition) is 0. The maximum absolute atomic E-state index is 12.4. The Hall–Kier alpha value is -2.38. The lowest BCUT2D eigenvalue weighted by Gasteiger charge is -2.04. The zero-order valence-electron chi connectivity index (χ0n) is 9.68. The van der Waals surface area contributed by atoms with Crippen LogP contribution in [0, 0.1) is 0 Å². The molecule has 0 saturated heterocycles. The molecule has 0 radical (unpaired) electrons. The number of ether oxygens (including phenoxy) is 1. The summed E-state index contributed by atoms with van der Waals surface area (Å²) in [6.45, 7) is 1.22. The van der Waals surface area contributed by atoms with Crippen molar-refractivity contribution in [3.63, 3.8) is 0 Å². The molecule has 0 unspecified atom stereocenters. The number of carbonyl (C=O) groups is 1. The lowest BCUT2D eigenvalue weighted by Crippen LogP contribution is -2.07. The fourth-order valence-electron chi connectivity index (χ4n) is 1.33. The van der Waals surface area contributed by atoms with Crippen molar-refractivity contribution in [1.82, 2.24) is 14.8 Å². The summed E-state index contributed by atoms with van der Waals surface area (Å²) in [7, 11) is 0. The van der Waals surface area contributed by atoms with Crippen LogP contribution in [0.25, 0.3) is 5.69 Å². The third-order valence-corrected chi connectivity index (χ3v) is 2.11. The largest absolute Gasteiger partial charge is 0.435 e. The number of carbonyl (C=O) groups excluding carboxylic acids is 1. The summed E-state index contributed by atoms with van der Waals surface area (Å²) in [6.07, 6.45) is -2.06. The minimum atomic E-state index is -4.49. The zero-order chi connectivity index (χ0) is 14.0. The van der Waals surface area contributed by atoms with Crippen LogP contribution in [0.3, 0.4) is 0 Å². The van der Waals surface area contributed by atoms with E-state index < -0.39 is 17.8 Å². The van der Waals surface area contributed by atoms with E-state index in [9.17, 15) is 18.0 Å². The highest BCUT2D eigenvalue weighted by molar-refractivity contribution is 5.68. The summed E-state index contributed by atoms with van der Waals surface area (Å²) < 4.78 is 42.9. The smallest absolute Gasteiger partial charge is 0.408 e. The van der Waals surface area contributed by atoms with Crippen molar-refractivity contribution < 1.29 is 22.7 Å².